The van der Waals surface area contributed by atoms with E-state index >= 15 is 0 Å². The minimum absolute atomic E-state index is 0.0243. The summed E-state index contributed by atoms with van der Waals surface area (Å²) in [4.78, 5) is 1.55. The molecule has 1 aromatic rings. The molecule has 2 rings (SSSR count). The number of oxime groups is 1. The van der Waals surface area contributed by atoms with Gasteiger partial charge in [-0.15, -0.1) is 0 Å². The molecular formula is C13H17F2N3O2. The van der Waals surface area contributed by atoms with Crippen LogP contribution in [0, 0.1) is 11.6 Å². The van der Waals surface area contributed by atoms with Crippen molar-refractivity contribution in [3.8, 4) is 0 Å². The third-order valence-electron chi connectivity index (χ3n) is 3.56. The number of benzene rings is 1. The van der Waals surface area contributed by atoms with Crippen LogP contribution in [0.15, 0.2) is 17.3 Å². The molecule has 0 heterocycles. The molecule has 1 aromatic carbocycles. The summed E-state index contributed by atoms with van der Waals surface area (Å²) in [6, 6.07) is 2.09. The molecule has 1 saturated carbocycles. The predicted octanol–water partition coefficient (Wildman–Crippen LogP) is 1.41. The number of anilines is 1. The van der Waals surface area contributed by atoms with Gasteiger partial charge in [-0.25, -0.2) is 8.78 Å². The van der Waals surface area contributed by atoms with E-state index in [2.05, 4.69) is 5.16 Å². The fourth-order valence-electron chi connectivity index (χ4n) is 2.33. The Labute approximate surface area is 115 Å². The van der Waals surface area contributed by atoms with Gasteiger partial charge in [0.15, 0.2) is 5.84 Å². The van der Waals surface area contributed by atoms with Gasteiger partial charge in [-0.3, -0.25) is 0 Å². The number of hydrogen-bond donors (Lipinski definition) is 3. The van der Waals surface area contributed by atoms with Gasteiger partial charge in [0.2, 0.25) is 0 Å². The molecule has 0 aromatic heterocycles. The molecule has 5 nitrogen and oxygen atoms in total. The number of aliphatic hydroxyl groups is 1. The minimum atomic E-state index is -0.785. The molecule has 0 amide bonds. The van der Waals surface area contributed by atoms with Crippen molar-refractivity contribution in [2.24, 2.45) is 10.9 Å². The lowest BCUT2D eigenvalue weighted by molar-refractivity contribution is 0.281. The Morgan fingerprint density at radius 2 is 1.95 bits per heavy atom. The van der Waals surface area contributed by atoms with E-state index < -0.39 is 11.6 Å². The minimum Gasteiger partial charge on any atom is -0.409 e. The van der Waals surface area contributed by atoms with Gasteiger partial charge in [0.05, 0.1) is 6.61 Å². The van der Waals surface area contributed by atoms with Gasteiger partial charge in [-0.2, -0.15) is 0 Å². The SMILES string of the molecule is N/C(=N/O)c1cc(F)c(N(CCO)C2CCC2)c(F)c1. The average Bonchev–Trinajstić information content (AvgIpc) is 2.35. The lowest BCUT2D eigenvalue weighted by Gasteiger charge is -2.39. The van der Waals surface area contributed by atoms with Crippen LogP contribution in [0.1, 0.15) is 24.8 Å². The third kappa shape index (κ3) is 2.67. The molecule has 0 bridgehead atoms. The quantitative estimate of drug-likeness (QED) is 0.331. The number of hydrogen-bond acceptors (Lipinski definition) is 4. The van der Waals surface area contributed by atoms with Crippen molar-refractivity contribution >= 4 is 11.5 Å². The number of nitrogens with two attached hydrogens (primary N) is 1. The lowest BCUT2D eigenvalue weighted by atomic mass is 9.91. The zero-order valence-corrected chi connectivity index (χ0v) is 10.9. The summed E-state index contributed by atoms with van der Waals surface area (Å²) < 4.78 is 28.3. The number of amidine groups is 1. The van der Waals surface area contributed by atoms with Crippen LogP contribution in [0.25, 0.3) is 0 Å². The molecular weight excluding hydrogens is 268 g/mol. The van der Waals surface area contributed by atoms with Gasteiger partial charge in [0.1, 0.15) is 17.3 Å². The van der Waals surface area contributed by atoms with Crippen molar-refractivity contribution in [2.45, 2.75) is 25.3 Å². The Hall–Kier alpha value is -1.89. The smallest absolute Gasteiger partial charge is 0.170 e. The van der Waals surface area contributed by atoms with E-state index in [9.17, 15) is 8.78 Å². The van der Waals surface area contributed by atoms with Crippen molar-refractivity contribution in [1.82, 2.24) is 0 Å². The van der Waals surface area contributed by atoms with Crippen molar-refractivity contribution < 1.29 is 19.1 Å². The van der Waals surface area contributed by atoms with Gasteiger partial charge < -0.3 is 20.9 Å². The molecule has 0 atom stereocenters. The molecule has 4 N–H and O–H groups in total. The Bertz CT molecular complexity index is 495. The number of aliphatic hydroxyl groups excluding tert-OH is 1. The number of rotatable bonds is 5. The molecule has 0 unspecified atom stereocenters. The van der Waals surface area contributed by atoms with Crippen molar-refractivity contribution in [3.05, 3.63) is 29.3 Å². The first-order valence-electron chi connectivity index (χ1n) is 6.43. The highest BCUT2D eigenvalue weighted by molar-refractivity contribution is 5.97. The molecule has 0 aliphatic heterocycles. The molecule has 1 fully saturated rings. The molecule has 0 saturated heterocycles. The molecule has 20 heavy (non-hydrogen) atoms. The zero-order valence-electron chi connectivity index (χ0n) is 10.9. The molecule has 1 aliphatic carbocycles. The van der Waals surface area contributed by atoms with Gasteiger partial charge >= 0.3 is 0 Å². The summed E-state index contributed by atoms with van der Waals surface area (Å²) in [5.41, 5.74) is 5.13. The molecule has 110 valence electrons. The summed E-state index contributed by atoms with van der Waals surface area (Å²) in [7, 11) is 0. The van der Waals surface area contributed by atoms with Gasteiger partial charge in [0.25, 0.3) is 0 Å². The van der Waals surface area contributed by atoms with Crippen LogP contribution < -0.4 is 10.6 Å². The van der Waals surface area contributed by atoms with Crippen LogP contribution in [0.2, 0.25) is 0 Å². The second-order valence-corrected chi connectivity index (χ2v) is 4.78. The predicted molar refractivity (Wildman–Crippen MR) is 70.9 cm³/mol. The second kappa shape index (κ2) is 6.04. The van der Waals surface area contributed by atoms with E-state index in [-0.39, 0.29) is 36.3 Å². The first kappa shape index (κ1) is 14.5. The van der Waals surface area contributed by atoms with Crippen molar-refractivity contribution in [3.63, 3.8) is 0 Å². The highest BCUT2D eigenvalue weighted by Crippen LogP contribution is 2.33. The Morgan fingerprint density at radius 3 is 2.35 bits per heavy atom. The lowest BCUT2D eigenvalue weighted by Crippen LogP contribution is -2.43. The van der Waals surface area contributed by atoms with Crippen LogP contribution in [0.5, 0.6) is 0 Å². The van der Waals surface area contributed by atoms with Gasteiger partial charge in [-0.1, -0.05) is 5.16 Å². The van der Waals surface area contributed by atoms with Crippen LogP contribution in [0.4, 0.5) is 14.5 Å². The highest BCUT2D eigenvalue weighted by atomic mass is 19.1. The van der Waals surface area contributed by atoms with E-state index in [0.717, 1.165) is 31.4 Å². The van der Waals surface area contributed by atoms with Crippen LogP contribution >= 0.6 is 0 Å². The second-order valence-electron chi connectivity index (χ2n) is 4.78. The van der Waals surface area contributed by atoms with Crippen LogP contribution in [-0.4, -0.2) is 35.3 Å². The summed E-state index contributed by atoms with van der Waals surface area (Å²) in [5, 5.41) is 20.3. The normalized spacial score (nSPS) is 16.1. The van der Waals surface area contributed by atoms with E-state index in [0.29, 0.717) is 0 Å². The highest BCUT2D eigenvalue weighted by Gasteiger charge is 2.29. The topological polar surface area (TPSA) is 82.1 Å². The number of halogens is 2. The monoisotopic (exact) mass is 285 g/mol. The fraction of sp³-hybridized carbons (Fsp3) is 0.462. The standard InChI is InChI=1S/C13H17F2N3O2/c14-10-6-8(13(16)17-20)7-11(15)12(10)18(4-5-19)9-2-1-3-9/h6-7,9,19-20H,1-5H2,(H2,16,17). The molecule has 1 aliphatic rings. The van der Waals surface area contributed by atoms with Gasteiger partial charge in [-0.05, 0) is 31.4 Å². The van der Waals surface area contributed by atoms with E-state index in [1.807, 2.05) is 0 Å². The Kier molecular flexibility index (Phi) is 4.39. The van der Waals surface area contributed by atoms with Crippen LogP contribution in [0.3, 0.4) is 0 Å². The summed E-state index contributed by atoms with van der Waals surface area (Å²) >= 11 is 0. The molecule has 0 radical (unpaired) electrons. The van der Waals surface area contributed by atoms with E-state index in [1.165, 1.54) is 0 Å². The maximum atomic E-state index is 14.1. The third-order valence-corrected chi connectivity index (χ3v) is 3.56. The van der Waals surface area contributed by atoms with Crippen molar-refractivity contribution in [1.29, 1.82) is 0 Å². The van der Waals surface area contributed by atoms with Gasteiger partial charge in [0, 0.05) is 18.2 Å². The molecule has 0 spiro atoms. The fourth-order valence-corrected chi connectivity index (χ4v) is 2.33. The zero-order chi connectivity index (χ0) is 14.7. The summed E-state index contributed by atoms with van der Waals surface area (Å²) in [6.45, 7) is -0.0151. The maximum absolute atomic E-state index is 14.1. The van der Waals surface area contributed by atoms with Crippen LogP contribution in [-0.2, 0) is 0 Å². The maximum Gasteiger partial charge on any atom is 0.170 e. The summed E-state index contributed by atoms with van der Waals surface area (Å²) in [6.07, 6.45) is 2.71. The average molecular weight is 285 g/mol. The first-order valence-corrected chi connectivity index (χ1v) is 6.43. The first-order chi connectivity index (χ1) is 9.58. The van der Waals surface area contributed by atoms with E-state index in [1.54, 1.807) is 4.90 Å². The van der Waals surface area contributed by atoms with E-state index in [4.69, 9.17) is 16.0 Å². The molecule has 7 heteroatoms. The Balaban J connectivity index is 2.39. The Morgan fingerprint density at radius 1 is 1.35 bits per heavy atom. The van der Waals surface area contributed by atoms with Crippen molar-refractivity contribution in [2.75, 3.05) is 18.1 Å². The number of nitrogens with zero attached hydrogens (tertiary/aromatic N) is 2. The summed E-state index contributed by atoms with van der Waals surface area (Å²) in [5.74, 6) is -1.93. The largest absolute Gasteiger partial charge is 0.409 e.